The zero-order chi connectivity index (χ0) is 15.0. The minimum Gasteiger partial charge on any atom is -0.285 e. The minimum atomic E-state index is -2.23. The van der Waals surface area contributed by atoms with Crippen molar-refractivity contribution in [1.82, 2.24) is 0 Å². The van der Waals surface area contributed by atoms with Crippen molar-refractivity contribution in [1.29, 1.82) is 0 Å². The van der Waals surface area contributed by atoms with Gasteiger partial charge in [0.25, 0.3) is 0 Å². The fourth-order valence-electron chi connectivity index (χ4n) is 2.71. The lowest BCUT2D eigenvalue weighted by molar-refractivity contribution is -0.529. The van der Waals surface area contributed by atoms with E-state index in [0.717, 1.165) is 0 Å². The van der Waals surface area contributed by atoms with Crippen molar-refractivity contribution in [3.63, 3.8) is 0 Å². The molecule has 2 aromatic carbocycles. The quantitative estimate of drug-likeness (QED) is 0.491. The van der Waals surface area contributed by atoms with Gasteiger partial charge in [0.15, 0.2) is 0 Å². The van der Waals surface area contributed by atoms with E-state index in [9.17, 15) is 19.7 Å². The van der Waals surface area contributed by atoms with Gasteiger partial charge in [0, 0.05) is 16.1 Å². The Kier molecular flexibility index (Phi) is 2.90. The van der Waals surface area contributed by atoms with Crippen LogP contribution in [0.2, 0.25) is 0 Å². The van der Waals surface area contributed by atoms with Gasteiger partial charge in [-0.3, -0.25) is 19.7 Å². The Hall–Kier alpha value is -2.82. The van der Waals surface area contributed by atoms with Crippen molar-refractivity contribution in [3.8, 4) is 0 Å². The van der Waals surface area contributed by atoms with Crippen molar-refractivity contribution in [2.75, 3.05) is 0 Å². The van der Waals surface area contributed by atoms with E-state index in [1.807, 2.05) is 0 Å². The van der Waals surface area contributed by atoms with E-state index in [1.165, 1.54) is 12.1 Å². The zero-order valence-electron chi connectivity index (χ0n) is 11.0. The van der Waals surface area contributed by atoms with Gasteiger partial charge in [-0.25, -0.2) is 0 Å². The number of carbonyl (C=O) groups is 2. The topological polar surface area (TPSA) is 77.3 Å². The minimum absolute atomic E-state index is 0.134. The lowest BCUT2D eigenvalue weighted by Gasteiger charge is -2.16. The van der Waals surface area contributed by atoms with E-state index in [2.05, 4.69) is 0 Å². The molecule has 0 saturated carbocycles. The number of nitrogens with zero attached hydrogens (tertiary/aromatic N) is 1. The summed E-state index contributed by atoms with van der Waals surface area (Å²) in [5, 5.41) is 11.6. The van der Waals surface area contributed by atoms with Gasteiger partial charge in [0.1, 0.15) is 0 Å². The fourth-order valence-corrected chi connectivity index (χ4v) is 2.71. The number of carbonyl (C=O) groups excluding carboxylic acids is 2. The molecule has 0 unspecified atom stereocenters. The number of rotatable bonds is 3. The van der Waals surface area contributed by atoms with Crippen LogP contribution in [0.5, 0.6) is 0 Å². The molecule has 21 heavy (non-hydrogen) atoms. The van der Waals surface area contributed by atoms with Crippen molar-refractivity contribution in [2.45, 2.75) is 12.0 Å². The van der Waals surface area contributed by atoms with E-state index < -0.39 is 22.0 Å². The third kappa shape index (κ3) is 1.78. The summed E-state index contributed by atoms with van der Waals surface area (Å²) in [6.07, 6.45) is -0.229. The fraction of sp³-hybridized carbons (Fsp3) is 0.125. The summed E-state index contributed by atoms with van der Waals surface area (Å²) in [5.41, 5.74) is -1.38. The molecule has 0 N–H and O–H groups in total. The van der Waals surface area contributed by atoms with Gasteiger partial charge in [-0.1, -0.05) is 54.6 Å². The van der Waals surface area contributed by atoms with Gasteiger partial charge in [-0.15, -0.1) is 0 Å². The van der Waals surface area contributed by atoms with E-state index >= 15 is 0 Å². The molecule has 0 heterocycles. The second-order valence-corrected chi connectivity index (χ2v) is 4.98. The van der Waals surface area contributed by atoms with E-state index in [-0.39, 0.29) is 17.5 Å². The highest BCUT2D eigenvalue weighted by Gasteiger charge is 2.63. The first-order valence-electron chi connectivity index (χ1n) is 6.44. The Balaban J connectivity index is 2.14. The molecule has 0 aliphatic heterocycles. The highest BCUT2D eigenvalue weighted by atomic mass is 16.6. The number of Topliss-reactive ketones (excluding diaryl/α,β-unsaturated/α-hetero) is 2. The van der Waals surface area contributed by atoms with Crippen LogP contribution in [0.3, 0.4) is 0 Å². The summed E-state index contributed by atoms with van der Waals surface area (Å²) in [5.74, 6) is -1.45. The second-order valence-electron chi connectivity index (χ2n) is 4.98. The third-order valence-electron chi connectivity index (χ3n) is 3.78. The van der Waals surface area contributed by atoms with Gasteiger partial charge in [0.05, 0.1) is 6.42 Å². The Morgan fingerprint density at radius 3 is 1.81 bits per heavy atom. The Bertz CT molecular complexity index is 717. The molecule has 2 aromatic rings. The maximum Gasteiger partial charge on any atom is 0.349 e. The van der Waals surface area contributed by atoms with Gasteiger partial charge < -0.3 is 0 Å². The van der Waals surface area contributed by atoms with Gasteiger partial charge in [0.2, 0.25) is 11.6 Å². The standard InChI is InChI=1S/C16H11NO4/c18-14-12-8-4-5-9-13(12)15(19)16(14,17(20)21)10-11-6-2-1-3-7-11/h1-9H,10H2. The van der Waals surface area contributed by atoms with Crippen LogP contribution in [0.1, 0.15) is 26.3 Å². The first kappa shape index (κ1) is 13.2. The van der Waals surface area contributed by atoms with Crippen molar-refractivity contribution < 1.29 is 14.5 Å². The van der Waals surface area contributed by atoms with Crippen LogP contribution in [0.4, 0.5) is 0 Å². The van der Waals surface area contributed by atoms with Crippen molar-refractivity contribution in [2.24, 2.45) is 0 Å². The molecule has 0 amide bonds. The molecule has 5 nitrogen and oxygen atoms in total. The normalized spacial score (nSPS) is 15.8. The predicted octanol–water partition coefficient (Wildman–Crippen LogP) is 2.32. The van der Waals surface area contributed by atoms with Crippen LogP contribution < -0.4 is 0 Å². The smallest absolute Gasteiger partial charge is 0.285 e. The average Bonchev–Trinajstić information content (AvgIpc) is 2.72. The van der Waals surface area contributed by atoms with Crippen LogP contribution >= 0.6 is 0 Å². The molecule has 0 radical (unpaired) electrons. The summed E-state index contributed by atoms with van der Waals surface area (Å²) >= 11 is 0. The van der Waals surface area contributed by atoms with Crippen molar-refractivity contribution >= 4 is 11.6 Å². The molecule has 0 fully saturated rings. The third-order valence-corrected chi connectivity index (χ3v) is 3.78. The average molecular weight is 281 g/mol. The number of ketones is 2. The summed E-state index contributed by atoms with van der Waals surface area (Å²) in [4.78, 5) is 35.9. The molecule has 0 saturated heterocycles. The molecule has 1 aliphatic rings. The van der Waals surface area contributed by atoms with Gasteiger partial charge in [-0.2, -0.15) is 0 Å². The van der Waals surface area contributed by atoms with E-state index in [0.29, 0.717) is 5.56 Å². The maximum absolute atomic E-state index is 12.5. The molecule has 1 aliphatic carbocycles. The van der Waals surface area contributed by atoms with Crippen LogP contribution in [-0.4, -0.2) is 22.0 Å². The first-order chi connectivity index (χ1) is 10.1. The molecule has 0 aromatic heterocycles. The van der Waals surface area contributed by atoms with E-state index in [4.69, 9.17) is 0 Å². The highest BCUT2D eigenvalue weighted by molar-refractivity contribution is 6.32. The van der Waals surface area contributed by atoms with Crippen LogP contribution in [-0.2, 0) is 6.42 Å². The Morgan fingerprint density at radius 2 is 1.33 bits per heavy atom. The monoisotopic (exact) mass is 281 g/mol. The SMILES string of the molecule is O=C1c2ccccc2C(=O)C1(Cc1ccccc1)[N+](=O)[O-]. The van der Waals surface area contributed by atoms with Crippen LogP contribution in [0, 0.1) is 10.1 Å². The van der Waals surface area contributed by atoms with Gasteiger partial charge >= 0.3 is 5.54 Å². The summed E-state index contributed by atoms with van der Waals surface area (Å²) in [6.45, 7) is 0. The molecular formula is C16H11NO4. The molecule has 0 spiro atoms. The first-order valence-corrected chi connectivity index (χ1v) is 6.44. The van der Waals surface area contributed by atoms with E-state index in [1.54, 1.807) is 42.5 Å². The number of benzene rings is 2. The lowest BCUT2D eigenvalue weighted by atomic mass is 9.86. The van der Waals surface area contributed by atoms with Crippen LogP contribution in [0.25, 0.3) is 0 Å². The van der Waals surface area contributed by atoms with Crippen LogP contribution in [0.15, 0.2) is 54.6 Å². The zero-order valence-corrected chi connectivity index (χ0v) is 11.0. The van der Waals surface area contributed by atoms with Gasteiger partial charge in [-0.05, 0) is 5.56 Å². The molecule has 0 atom stereocenters. The number of nitro groups is 1. The lowest BCUT2D eigenvalue weighted by Crippen LogP contribution is -2.51. The molecule has 104 valence electrons. The summed E-state index contributed by atoms with van der Waals surface area (Å²) < 4.78 is 0. The largest absolute Gasteiger partial charge is 0.349 e. The Labute approximate surface area is 120 Å². The molecule has 5 heteroatoms. The number of hydrogen-bond acceptors (Lipinski definition) is 4. The number of hydrogen-bond donors (Lipinski definition) is 0. The summed E-state index contributed by atoms with van der Waals surface area (Å²) in [7, 11) is 0. The second kappa shape index (κ2) is 4.63. The summed E-state index contributed by atoms with van der Waals surface area (Å²) in [6, 6.07) is 14.7. The molecule has 0 bridgehead atoms. The maximum atomic E-state index is 12.5. The predicted molar refractivity (Wildman–Crippen MR) is 75.0 cm³/mol. The van der Waals surface area contributed by atoms with Crippen molar-refractivity contribution in [3.05, 3.63) is 81.4 Å². The molecule has 3 rings (SSSR count). The molecular weight excluding hydrogens is 270 g/mol. The highest BCUT2D eigenvalue weighted by Crippen LogP contribution is 2.35. The Morgan fingerprint density at radius 1 is 0.857 bits per heavy atom. The number of fused-ring (bicyclic) bond motifs is 1.